The van der Waals surface area contributed by atoms with Gasteiger partial charge in [0, 0.05) is 24.5 Å². The fraction of sp³-hybridized carbons (Fsp3) is 0.250. The third-order valence-electron chi connectivity index (χ3n) is 3.48. The summed E-state index contributed by atoms with van der Waals surface area (Å²) >= 11 is 0. The molecular weight excluding hydrogens is 250 g/mol. The van der Waals surface area contributed by atoms with Crippen LogP contribution in [0.15, 0.2) is 48.5 Å². The molecule has 1 aliphatic rings. The van der Waals surface area contributed by atoms with Gasteiger partial charge in [-0.1, -0.05) is 12.1 Å². The van der Waals surface area contributed by atoms with Crippen LogP contribution in [0.2, 0.25) is 0 Å². The van der Waals surface area contributed by atoms with Crippen LogP contribution in [0, 0.1) is 0 Å². The Hall–Kier alpha value is -2.20. The van der Waals surface area contributed by atoms with E-state index in [0.717, 1.165) is 43.4 Å². The van der Waals surface area contributed by atoms with Gasteiger partial charge >= 0.3 is 0 Å². The molecule has 2 aromatic carbocycles. The van der Waals surface area contributed by atoms with E-state index in [4.69, 9.17) is 10.5 Å². The maximum Gasteiger partial charge on any atom is 0.0642 e. The van der Waals surface area contributed by atoms with Crippen molar-refractivity contribution < 1.29 is 4.74 Å². The smallest absolute Gasteiger partial charge is 0.0642 e. The zero-order valence-corrected chi connectivity index (χ0v) is 11.4. The predicted molar refractivity (Wildman–Crippen MR) is 83.6 cm³/mol. The highest BCUT2D eigenvalue weighted by molar-refractivity contribution is 5.73. The molecule has 0 atom stereocenters. The van der Waals surface area contributed by atoms with E-state index in [1.165, 1.54) is 5.69 Å². The van der Waals surface area contributed by atoms with Crippen molar-refractivity contribution in [2.24, 2.45) is 0 Å². The molecule has 0 aromatic heterocycles. The number of benzene rings is 2. The fourth-order valence-corrected chi connectivity index (χ4v) is 2.34. The normalized spacial score (nSPS) is 15.1. The lowest BCUT2D eigenvalue weighted by Crippen LogP contribution is -2.36. The summed E-state index contributed by atoms with van der Waals surface area (Å²) in [7, 11) is 0. The van der Waals surface area contributed by atoms with Crippen molar-refractivity contribution >= 4 is 22.7 Å². The molecule has 2 aromatic rings. The molecule has 0 amide bonds. The van der Waals surface area contributed by atoms with Gasteiger partial charge in [-0.2, -0.15) is 0 Å². The van der Waals surface area contributed by atoms with Crippen LogP contribution in [0.1, 0.15) is 0 Å². The molecule has 0 saturated carbocycles. The SMILES string of the molecule is Nc1ccccc1Nc1ccc(N2CCOCC2)cc1. The van der Waals surface area contributed by atoms with Crippen molar-refractivity contribution in [2.45, 2.75) is 0 Å². The van der Waals surface area contributed by atoms with Gasteiger partial charge in [0.2, 0.25) is 0 Å². The average Bonchev–Trinajstić information content (AvgIpc) is 2.51. The summed E-state index contributed by atoms with van der Waals surface area (Å²) < 4.78 is 5.37. The number of rotatable bonds is 3. The number of morpholine rings is 1. The highest BCUT2D eigenvalue weighted by atomic mass is 16.5. The lowest BCUT2D eigenvalue weighted by molar-refractivity contribution is 0.122. The number of nitrogens with two attached hydrogens (primary N) is 1. The third-order valence-corrected chi connectivity index (χ3v) is 3.48. The number of nitrogen functional groups attached to an aromatic ring is 1. The minimum absolute atomic E-state index is 0.754. The summed E-state index contributed by atoms with van der Waals surface area (Å²) in [6.45, 7) is 3.53. The van der Waals surface area contributed by atoms with E-state index in [0.29, 0.717) is 0 Å². The van der Waals surface area contributed by atoms with Gasteiger partial charge in [0.15, 0.2) is 0 Å². The minimum Gasteiger partial charge on any atom is -0.397 e. The van der Waals surface area contributed by atoms with Crippen LogP contribution in [0.4, 0.5) is 22.7 Å². The van der Waals surface area contributed by atoms with Gasteiger partial charge in [0.1, 0.15) is 0 Å². The molecule has 3 N–H and O–H groups in total. The van der Waals surface area contributed by atoms with Crippen LogP contribution in [-0.4, -0.2) is 26.3 Å². The molecule has 4 heteroatoms. The number of para-hydroxylation sites is 2. The number of hydrogen-bond donors (Lipinski definition) is 2. The van der Waals surface area contributed by atoms with E-state index in [1.807, 2.05) is 24.3 Å². The minimum atomic E-state index is 0.754. The molecule has 1 heterocycles. The second-order valence-electron chi connectivity index (χ2n) is 4.86. The Morgan fingerprint density at radius 1 is 0.950 bits per heavy atom. The Kier molecular flexibility index (Phi) is 3.74. The van der Waals surface area contributed by atoms with Gasteiger partial charge in [0.25, 0.3) is 0 Å². The molecule has 0 aliphatic carbocycles. The summed E-state index contributed by atoms with van der Waals surface area (Å²) in [5.41, 5.74) is 9.90. The highest BCUT2D eigenvalue weighted by Crippen LogP contribution is 2.24. The summed E-state index contributed by atoms with van der Waals surface area (Å²) in [6.07, 6.45) is 0. The molecule has 1 saturated heterocycles. The number of nitrogens with one attached hydrogen (secondary N) is 1. The van der Waals surface area contributed by atoms with E-state index in [9.17, 15) is 0 Å². The largest absolute Gasteiger partial charge is 0.397 e. The second kappa shape index (κ2) is 5.84. The first-order valence-corrected chi connectivity index (χ1v) is 6.87. The second-order valence-corrected chi connectivity index (χ2v) is 4.86. The maximum atomic E-state index is 5.93. The summed E-state index contributed by atoms with van der Waals surface area (Å²) in [5.74, 6) is 0. The summed E-state index contributed by atoms with van der Waals surface area (Å²) in [5, 5.41) is 3.33. The molecule has 1 aliphatic heterocycles. The molecule has 4 nitrogen and oxygen atoms in total. The quantitative estimate of drug-likeness (QED) is 0.841. The zero-order chi connectivity index (χ0) is 13.8. The van der Waals surface area contributed by atoms with Gasteiger partial charge < -0.3 is 20.7 Å². The monoisotopic (exact) mass is 269 g/mol. The van der Waals surface area contributed by atoms with Crippen molar-refractivity contribution in [3.8, 4) is 0 Å². The molecule has 0 radical (unpaired) electrons. The standard InChI is InChI=1S/C16H19N3O/c17-15-3-1-2-4-16(15)18-13-5-7-14(8-6-13)19-9-11-20-12-10-19/h1-8,18H,9-12,17H2. The van der Waals surface area contributed by atoms with Gasteiger partial charge in [-0.05, 0) is 36.4 Å². The first kappa shape index (κ1) is 12.8. The van der Waals surface area contributed by atoms with Crippen molar-refractivity contribution in [1.29, 1.82) is 0 Å². The predicted octanol–water partition coefficient (Wildman–Crippen LogP) is 2.85. The van der Waals surface area contributed by atoms with Gasteiger partial charge in [-0.15, -0.1) is 0 Å². The van der Waals surface area contributed by atoms with Crippen molar-refractivity contribution in [3.05, 3.63) is 48.5 Å². The molecular formula is C16H19N3O. The van der Waals surface area contributed by atoms with Crippen LogP contribution in [0.3, 0.4) is 0 Å². The van der Waals surface area contributed by atoms with E-state index in [1.54, 1.807) is 0 Å². The van der Waals surface area contributed by atoms with Crippen LogP contribution >= 0.6 is 0 Å². The van der Waals surface area contributed by atoms with Gasteiger partial charge in [0.05, 0.1) is 24.6 Å². The number of anilines is 4. The Labute approximate surface area is 119 Å². The summed E-state index contributed by atoms with van der Waals surface area (Å²) in [6, 6.07) is 16.2. The molecule has 0 bridgehead atoms. The molecule has 0 spiro atoms. The summed E-state index contributed by atoms with van der Waals surface area (Å²) in [4.78, 5) is 2.34. The average molecular weight is 269 g/mol. The topological polar surface area (TPSA) is 50.5 Å². The first-order valence-electron chi connectivity index (χ1n) is 6.87. The lowest BCUT2D eigenvalue weighted by atomic mass is 10.2. The number of ether oxygens (including phenoxy) is 1. The molecule has 1 fully saturated rings. The first-order chi connectivity index (χ1) is 9.83. The van der Waals surface area contributed by atoms with Crippen molar-refractivity contribution in [2.75, 3.05) is 42.3 Å². The number of nitrogens with zero attached hydrogens (tertiary/aromatic N) is 1. The van der Waals surface area contributed by atoms with Gasteiger partial charge in [-0.25, -0.2) is 0 Å². The van der Waals surface area contributed by atoms with Crippen LogP contribution in [0.5, 0.6) is 0 Å². The highest BCUT2D eigenvalue weighted by Gasteiger charge is 2.10. The van der Waals surface area contributed by atoms with E-state index < -0.39 is 0 Å². The molecule has 0 unspecified atom stereocenters. The molecule has 20 heavy (non-hydrogen) atoms. The Bertz CT molecular complexity index is 562. The number of hydrogen-bond acceptors (Lipinski definition) is 4. The third kappa shape index (κ3) is 2.86. The van der Waals surface area contributed by atoms with Crippen LogP contribution in [0.25, 0.3) is 0 Å². The fourth-order valence-electron chi connectivity index (χ4n) is 2.34. The maximum absolute atomic E-state index is 5.93. The Morgan fingerprint density at radius 3 is 2.35 bits per heavy atom. The van der Waals surface area contributed by atoms with Crippen molar-refractivity contribution in [3.63, 3.8) is 0 Å². The Balaban J connectivity index is 1.71. The van der Waals surface area contributed by atoms with E-state index in [-0.39, 0.29) is 0 Å². The molecule has 3 rings (SSSR count). The van der Waals surface area contributed by atoms with E-state index >= 15 is 0 Å². The zero-order valence-electron chi connectivity index (χ0n) is 11.4. The van der Waals surface area contributed by atoms with Gasteiger partial charge in [-0.3, -0.25) is 0 Å². The Morgan fingerprint density at radius 2 is 1.65 bits per heavy atom. The van der Waals surface area contributed by atoms with Crippen LogP contribution in [-0.2, 0) is 4.74 Å². The van der Waals surface area contributed by atoms with E-state index in [2.05, 4.69) is 34.5 Å². The molecule has 104 valence electrons. The van der Waals surface area contributed by atoms with Crippen LogP contribution < -0.4 is 16.0 Å². The lowest BCUT2D eigenvalue weighted by Gasteiger charge is -2.29. The van der Waals surface area contributed by atoms with Crippen molar-refractivity contribution in [1.82, 2.24) is 0 Å².